The van der Waals surface area contributed by atoms with Crippen molar-refractivity contribution in [3.63, 3.8) is 0 Å². The lowest BCUT2D eigenvalue weighted by atomic mass is 10.0. The van der Waals surface area contributed by atoms with Crippen LogP contribution in [0.25, 0.3) is 11.0 Å². The van der Waals surface area contributed by atoms with Gasteiger partial charge in [-0.05, 0) is 62.6 Å². The minimum atomic E-state index is -0.0535. The van der Waals surface area contributed by atoms with Gasteiger partial charge in [0.2, 0.25) is 5.91 Å². The smallest absolute Gasteiger partial charge is 0.248 e. The Bertz CT molecular complexity index is 1290. The summed E-state index contributed by atoms with van der Waals surface area (Å²) in [7, 11) is 0. The highest BCUT2D eigenvalue weighted by Crippen LogP contribution is 2.27. The predicted octanol–water partition coefficient (Wildman–Crippen LogP) is 5.82. The van der Waals surface area contributed by atoms with Gasteiger partial charge in [-0.3, -0.25) is 9.69 Å². The molecule has 6 nitrogen and oxygen atoms in total. The lowest BCUT2D eigenvalue weighted by Crippen LogP contribution is -2.37. The van der Waals surface area contributed by atoms with E-state index in [9.17, 15) is 4.79 Å². The summed E-state index contributed by atoms with van der Waals surface area (Å²) < 4.78 is 13.7. The van der Waals surface area contributed by atoms with Crippen LogP contribution < -0.4 is 9.64 Å². The van der Waals surface area contributed by atoms with Crippen molar-refractivity contribution in [1.82, 2.24) is 9.55 Å². The van der Waals surface area contributed by atoms with Gasteiger partial charge in [0.25, 0.3) is 0 Å². The van der Waals surface area contributed by atoms with Gasteiger partial charge in [-0.25, -0.2) is 4.98 Å². The van der Waals surface area contributed by atoms with Crippen LogP contribution >= 0.6 is 0 Å². The monoisotopic (exact) mass is 471 g/mol. The number of carbonyl (C=O) groups excluding carboxylic acids is 1. The lowest BCUT2D eigenvalue weighted by Gasteiger charge is -2.27. The van der Waals surface area contributed by atoms with Crippen molar-refractivity contribution < 1.29 is 14.3 Å². The van der Waals surface area contributed by atoms with E-state index in [-0.39, 0.29) is 25.8 Å². The maximum Gasteiger partial charge on any atom is 0.248 e. The Kier molecular flexibility index (Phi) is 7.83. The molecular weight excluding hydrogens is 438 g/mol. The second kappa shape index (κ2) is 11.2. The van der Waals surface area contributed by atoms with Crippen LogP contribution in [0.2, 0.25) is 0 Å². The number of fused-ring (bicyclic) bond motifs is 1. The van der Waals surface area contributed by atoms with Crippen LogP contribution in [0.3, 0.4) is 0 Å². The van der Waals surface area contributed by atoms with Crippen LogP contribution in [-0.4, -0.2) is 28.8 Å². The number of hydrogen-bond donors (Lipinski definition) is 0. The molecule has 0 atom stereocenters. The molecule has 0 bridgehead atoms. The summed E-state index contributed by atoms with van der Waals surface area (Å²) in [6.45, 7) is 9.25. The summed E-state index contributed by atoms with van der Waals surface area (Å²) in [5.74, 6) is 1.42. The normalized spacial score (nSPS) is 11.1. The highest BCUT2D eigenvalue weighted by molar-refractivity contribution is 5.95. The van der Waals surface area contributed by atoms with E-state index in [1.165, 1.54) is 5.56 Å². The highest BCUT2D eigenvalue weighted by Gasteiger charge is 2.23. The van der Waals surface area contributed by atoms with Crippen molar-refractivity contribution in [2.75, 3.05) is 18.2 Å². The topological polar surface area (TPSA) is 56.6 Å². The first-order valence-corrected chi connectivity index (χ1v) is 12.1. The summed E-state index contributed by atoms with van der Waals surface area (Å²) in [5.41, 5.74) is 6.01. The predicted molar refractivity (Wildman–Crippen MR) is 140 cm³/mol. The van der Waals surface area contributed by atoms with Crippen LogP contribution in [0.15, 0.2) is 66.7 Å². The molecule has 1 heterocycles. The zero-order valence-electron chi connectivity index (χ0n) is 21.0. The number of carbonyl (C=O) groups is 1. The number of benzene rings is 3. The quantitative estimate of drug-likeness (QED) is 0.273. The molecule has 1 aromatic heterocycles. The second-order valence-corrected chi connectivity index (χ2v) is 8.58. The molecule has 0 aliphatic rings. The number of nitrogens with zero attached hydrogens (tertiary/aromatic N) is 3. The summed E-state index contributed by atoms with van der Waals surface area (Å²) >= 11 is 0. The fourth-order valence-electron chi connectivity index (χ4n) is 4.25. The van der Waals surface area contributed by atoms with E-state index in [0.717, 1.165) is 40.0 Å². The lowest BCUT2D eigenvalue weighted by molar-refractivity contribution is -0.120. The van der Waals surface area contributed by atoms with Crippen molar-refractivity contribution in [1.29, 1.82) is 0 Å². The molecule has 4 rings (SSSR count). The van der Waals surface area contributed by atoms with Gasteiger partial charge in [0.15, 0.2) is 0 Å². The second-order valence-electron chi connectivity index (χ2n) is 8.58. The molecule has 0 saturated carbocycles. The Hall–Kier alpha value is -3.64. The van der Waals surface area contributed by atoms with Gasteiger partial charge < -0.3 is 14.0 Å². The third-order valence-electron chi connectivity index (χ3n) is 6.11. The summed E-state index contributed by atoms with van der Waals surface area (Å²) in [6.07, 6.45) is 0.830. The molecule has 0 radical (unpaired) electrons. The van der Waals surface area contributed by atoms with Gasteiger partial charge >= 0.3 is 0 Å². The number of para-hydroxylation sites is 3. The first kappa shape index (κ1) is 24.5. The van der Waals surface area contributed by atoms with Gasteiger partial charge in [0.1, 0.15) is 31.5 Å². The fraction of sp³-hybridized carbons (Fsp3) is 0.310. The Morgan fingerprint density at radius 1 is 0.971 bits per heavy atom. The van der Waals surface area contributed by atoms with Crippen LogP contribution in [0, 0.1) is 13.8 Å². The van der Waals surface area contributed by atoms with Crippen LogP contribution in [-0.2, 0) is 29.1 Å². The minimum absolute atomic E-state index is 0.0535. The van der Waals surface area contributed by atoms with Crippen LogP contribution in [0.5, 0.6) is 5.75 Å². The first-order chi connectivity index (χ1) is 17.0. The van der Waals surface area contributed by atoms with Crippen molar-refractivity contribution in [3.05, 3.63) is 89.2 Å². The molecule has 0 aliphatic carbocycles. The third-order valence-corrected chi connectivity index (χ3v) is 6.11. The molecule has 0 aliphatic heterocycles. The molecule has 0 fully saturated rings. The molecule has 6 heteroatoms. The first-order valence-electron chi connectivity index (χ1n) is 12.1. The summed E-state index contributed by atoms with van der Waals surface area (Å²) in [4.78, 5) is 20.3. The maximum absolute atomic E-state index is 13.8. The molecule has 0 unspecified atom stereocenters. The van der Waals surface area contributed by atoms with E-state index in [1.54, 1.807) is 4.90 Å². The van der Waals surface area contributed by atoms with Crippen LogP contribution in [0.1, 0.15) is 36.4 Å². The van der Waals surface area contributed by atoms with Gasteiger partial charge in [-0.1, -0.05) is 55.0 Å². The van der Waals surface area contributed by atoms with Gasteiger partial charge in [-0.15, -0.1) is 0 Å². The largest absolute Gasteiger partial charge is 0.486 e. The molecule has 0 saturated heterocycles. The molecule has 4 aromatic rings. The van der Waals surface area contributed by atoms with Crippen molar-refractivity contribution in [3.8, 4) is 5.75 Å². The van der Waals surface area contributed by atoms with E-state index in [2.05, 4.69) is 13.0 Å². The van der Waals surface area contributed by atoms with E-state index in [4.69, 9.17) is 14.5 Å². The van der Waals surface area contributed by atoms with Crippen molar-refractivity contribution >= 4 is 22.6 Å². The number of ether oxygens (including phenoxy) is 2. The summed E-state index contributed by atoms with van der Waals surface area (Å²) in [5, 5.41) is 0. The Balaban J connectivity index is 1.66. The molecule has 0 N–H and O–H groups in total. The zero-order valence-corrected chi connectivity index (χ0v) is 21.0. The number of imidazole rings is 1. The highest BCUT2D eigenvalue weighted by atomic mass is 16.5. The third kappa shape index (κ3) is 5.54. The van der Waals surface area contributed by atoms with Gasteiger partial charge in [-0.2, -0.15) is 0 Å². The maximum atomic E-state index is 13.8. The number of amides is 1. The summed E-state index contributed by atoms with van der Waals surface area (Å²) in [6, 6.07) is 21.9. The Labute approximate surface area is 207 Å². The number of aromatic nitrogens is 2. The van der Waals surface area contributed by atoms with E-state index in [1.807, 2.05) is 86.0 Å². The van der Waals surface area contributed by atoms with Crippen molar-refractivity contribution in [2.45, 2.75) is 47.3 Å². The van der Waals surface area contributed by atoms with E-state index < -0.39 is 0 Å². The molecule has 0 spiro atoms. The Morgan fingerprint density at radius 2 is 1.74 bits per heavy atom. The average molecular weight is 472 g/mol. The van der Waals surface area contributed by atoms with Gasteiger partial charge in [0.05, 0.1) is 16.7 Å². The zero-order chi connectivity index (χ0) is 24.8. The minimum Gasteiger partial charge on any atom is -0.486 e. The van der Waals surface area contributed by atoms with Crippen molar-refractivity contribution in [2.24, 2.45) is 0 Å². The number of anilines is 1. The molecule has 182 valence electrons. The molecule has 3 aromatic carbocycles. The molecular formula is C29H33N3O3. The molecule has 35 heavy (non-hydrogen) atoms. The number of hydrogen-bond acceptors (Lipinski definition) is 4. The Morgan fingerprint density at radius 3 is 2.49 bits per heavy atom. The fourth-order valence-corrected chi connectivity index (χ4v) is 4.25. The average Bonchev–Trinajstić information content (AvgIpc) is 3.21. The number of rotatable bonds is 10. The SMILES string of the molecule is CCOCN(C(=O)Cn1c(COc2ccc(C)cc2)nc2ccccc21)c1c(C)cccc1CC. The van der Waals surface area contributed by atoms with E-state index >= 15 is 0 Å². The number of aryl methyl sites for hydroxylation is 3. The van der Waals surface area contributed by atoms with Gasteiger partial charge in [0, 0.05) is 6.61 Å². The van der Waals surface area contributed by atoms with Crippen LogP contribution in [0.4, 0.5) is 5.69 Å². The molecule has 1 amide bonds. The standard InChI is InChI=1S/C29H33N3O3/c1-5-23-11-9-10-22(4)29(23)32(20-34-6-2)28(33)18-31-26-13-8-7-12-25(26)30-27(31)19-35-24-16-14-21(3)15-17-24/h7-17H,5-6,18-20H2,1-4H3. The van der Waals surface area contributed by atoms with E-state index in [0.29, 0.717) is 12.4 Å².